The summed E-state index contributed by atoms with van der Waals surface area (Å²) in [6, 6.07) is 10.1. The predicted molar refractivity (Wildman–Crippen MR) is 71.0 cm³/mol. The molecule has 2 heterocycles. The predicted octanol–water partition coefficient (Wildman–Crippen LogP) is 1.94. The minimum absolute atomic E-state index is 0.0281. The summed E-state index contributed by atoms with van der Waals surface area (Å²) in [7, 11) is 0. The lowest BCUT2D eigenvalue weighted by Gasteiger charge is -2.11. The lowest BCUT2D eigenvalue weighted by atomic mass is 10.1. The molecule has 0 radical (unpaired) electrons. The van der Waals surface area contributed by atoms with E-state index in [4.69, 9.17) is 15.3 Å². The molecule has 1 aromatic carbocycles. The summed E-state index contributed by atoms with van der Waals surface area (Å²) >= 11 is 0. The number of benzene rings is 1. The third kappa shape index (κ3) is 2.00. The van der Waals surface area contributed by atoms with E-state index in [1.165, 1.54) is 17.5 Å². The third-order valence-electron chi connectivity index (χ3n) is 3.41. The van der Waals surface area contributed by atoms with Crippen LogP contribution in [0.5, 0.6) is 5.75 Å². The van der Waals surface area contributed by atoms with Gasteiger partial charge in [0.2, 0.25) is 0 Å². The maximum atomic E-state index is 9.10. The highest BCUT2D eigenvalue weighted by molar-refractivity contribution is 5.40. The van der Waals surface area contributed by atoms with Gasteiger partial charge in [0.15, 0.2) is 11.4 Å². The Kier molecular flexibility index (Phi) is 2.89. The first-order valence-corrected chi connectivity index (χ1v) is 6.32. The number of rotatable bonds is 2. The quantitative estimate of drug-likeness (QED) is 0.830. The summed E-state index contributed by atoms with van der Waals surface area (Å²) in [5.74, 6) is 0.903. The molecule has 5 nitrogen and oxygen atoms in total. The Balaban J connectivity index is 1.81. The summed E-state index contributed by atoms with van der Waals surface area (Å²) in [5.41, 5.74) is 2.86. The molecule has 98 valence electrons. The molecule has 0 saturated carbocycles. The van der Waals surface area contributed by atoms with E-state index in [2.05, 4.69) is 18.0 Å². The summed E-state index contributed by atoms with van der Waals surface area (Å²) in [6.07, 6.45) is 2.30. The molecule has 0 saturated heterocycles. The Hall–Kier alpha value is -2.79. The molecule has 5 heteroatoms. The normalized spacial score (nSPS) is 16.1. The van der Waals surface area contributed by atoms with E-state index in [-0.39, 0.29) is 11.8 Å². The molecular formula is C15H12N4O. The van der Waals surface area contributed by atoms with Crippen molar-refractivity contribution in [2.75, 3.05) is 0 Å². The molecular weight excluding hydrogens is 252 g/mol. The van der Waals surface area contributed by atoms with Gasteiger partial charge in [-0.2, -0.15) is 10.5 Å². The largest absolute Gasteiger partial charge is 0.488 e. The monoisotopic (exact) mass is 264 g/mol. The first-order valence-electron chi connectivity index (χ1n) is 6.32. The second kappa shape index (κ2) is 4.71. The molecule has 0 amide bonds. The van der Waals surface area contributed by atoms with Crippen molar-refractivity contribution in [3.05, 3.63) is 47.0 Å². The van der Waals surface area contributed by atoms with Crippen LogP contribution in [-0.2, 0) is 13.0 Å². The van der Waals surface area contributed by atoms with Gasteiger partial charge in [0.05, 0.1) is 12.9 Å². The molecule has 0 spiro atoms. The first-order chi connectivity index (χ1) is 9.71. The van der Waals surface area contributed by atoms with E-state index in [0.717, 1.165) is 12.2 Å². The average molecular weight is 264 g/mol. The number of hydrogen-bond donors (Lipinski definition) is 0. The van der Waals surface area contributed by atoms with Crippen molar-refractivity contribution in [3.8, 4) is 17.9 Å². The van der Waals surface area contributed by atoms with Crippen molar-refractivity contribution < 1.29 is 4.74 Å². The fourth-order valence-corrected chi connectivity index (χ4v) is 2.49. The molecule has 1 aliphatic heterocycles. The second-order valence-electron chi connectivity index (χ2n) is 4.87. The molecule has 0 N–H and O–H groups in total. The maximum absolute atomic E-state index is 9.10. The molecule has 20 heavy (non-hydrogen) atoms. The van der Waals surface area contributed by atoms with Crippen LogP contribution >= 0.6 is 0 Å². The van der Waals surface area contributed by atoms with Crippen molar-refractivity contribution in [1.82, 2.24) is 9.55 Å². The van der Waals surface area contributed by atoms with Gasteiger partial charge in [0.25, 0.3) is 0 Å². The maximum Gasteiger partial charge on any atom is 0.176 e. The van der Waals surface area contributed by atoms with Crippen LogP contribution in [0.1, 0.15) is 22.5 Å². The van der Waals surface area contributed by atoms with E-state index < -0.39 is 0 Å². The Morgan fingerprint density at radius 3 is 3.00 bits per heavy atom. The van der Waals surface area contributed by atoms with E-state index in [1.807, 2.05) is 24.3 Å². The fraction of sp³-hybridized carbons (Fsp3) is 0.267. The fourth-order valence-electron chi connectivity index (χ4n) is 2.49. The summed E-state index contributed by atoms with van der Waals surface area (Å²) in [6.45, 7) is 2.57. The van der Waals surface area contributed by atoms with Crippen LogP contribution in [0.3, 0.4) is 0 Å². The molecule has 1 atom stereocenters. The third-order valence-corrected chi connectivity index (χ3v) is 3.41. The lowest BCUT2D eigenvalue weighted by Crippen LogP contribution is -2.21. The first kappa shape index (κ1) is 12.3. The van der Waals surface area contributed by atoms with Gasteiger partial charge in [-0.1, -0.05) is 17.7 Å². The number of nitriles is 2. The van der Waals surface area contributed by atoms with Crippen molar-refractivity contribution in [2.45, 2.75) is 26.0 Å². The summed E-state index contributed by atoms with van der Waals surface area (Å²) in [5, 5.41) is 18.0. The van der Waals surface area contributed by atoms with Crippen LogP contribution < -0.4 is 4.74 Å². The van der Waals surface area contributed by atoms with Crippen molar-refractivity contribution >= 4 is 0 Å². The Morgan fingerprint density at radius 1 is 1.40 bits per heavy atom. The van der Waals surface area contributed by atoms with Crippen LogP contribution in [0.4, 0.5) is 0 Å². The molecule has 0 bridgehead atoms. The molecule has 3 rings (SSSR count). The van der Waals surface area contributed by atoms with E-state index in [0.29, 0.717) is 12.2 Å². The Bertz CT molecular complexity index is 748. The molecule has 0 fully saturated rings. The van der Waals surface area contributed by atoms with Crippen LogP contribution in [0.2, 0.25) is 0 Å². The molecule has 2 aromatic rings. The standard InChI is InChI=1S/C15H12N4O/c1-10-2-3-15-11(4-10)5-12(20-15)8-19-9-18-13(6-16)14(19)7-17/h2-4,9,12H,5,8H2,1H3. The zero-order valence-electron chi connectivity index (χ0n) is 11.0. The highest BCUT2D eigenvalue weighted by Gasteiger charge is 2.24. The number of imidazole rings is 1. The van der Waals surface area contributed by atoms with Crippen molar-refractivity contribution in [1.29, 1.82) is 10.5 Å². The number of hydrogen-bond acceptors (Lipinski definition) is 4. The van der Waals surface area contributed by atoms with E-state index >= 15 is 0 Å². The number of aromatic nitrogens is 2. The minimum atomic E-state index is -0.0281. The topological polar surface area (TPSA) is 74.6 Å². The van der Waals surface area contributed by atoms with Gasteiger partial charge in [-0.05, 0) is 18.6 Å². The highest BCUT2D eigenvalue weighted by atomic mass is 16.5. The van der Waals surface area contributed by atoms with Crippen LogP contribution in [0.25, 0.3) is 0 Å². The zero-order chi connectivity index (χ0) is 14.1. The van der Waals surface area contributed by atoms with Gasteiger partial charge in [0.1, 0.15) is 24.0 Å². The minimum Gasteiger partial charge on any atom is -0.488 e. The van der Waals surface area contributed by atoms with Crippen LogP contribution in [-0.4, -0.2) is 15.7 Å². The molecule has 1 aromatic heterocycles. The Labute approximate surface area is 116 Å². The van der Waals surface area contributed by atoms with E-state index in [1.54, 1.807) is 4.57 Å². The number of aryl methyl sites for hydroxylation is 1. The van der Waals surface area contributed by atoms with Crippen LogP contribution in [0, 0.1) is 29.6 Å². The Morgan fingerprint density at radius 2 is 2.25 bits per heavy atom. The van der Waals surface area contributed by atoms with Gasteiger partial charge < -0.3 is 9.30 Å². The van der Waals surface area contributed by atoms with Gasteiger partial charge in [0, 0.05) is 6.42 Å². The molecule has 0 aliphatic carbocycles. The van der Waals surface area contributed by atoms with E-state index in [9.17, 15) is 0 Å². The lowest BCUT2D eigenvalue weighted by molar-refractivity contribution is 0.209. The summed E-state index contributed by atoms with van der Waals surface area (Å²) in [4.78, 5) is 3.93. The smallest absolute Gasteiger partial charge is 0.176 e. The number of nitrogens with zero attached hydrogens (tertiary/aromatic N) is 4. The number of fused-ring (bicyclic) bond motifs is 1. The number of ether oxygens (including phenoxy) is 1. The molecule has 1 aliphatic rings. The van der Waals surface area contributed by atoms with Crippen molar-refractivity contribution in [3.63, 3.8) is 0 Å². The van der Waals surface area contributed by atoms with Gasteiger partial charge in [-0.15, -0.1) is 0 Å². The zero-order valence-corrected chi connectivity index (χ0v) is 11.0. The summed E-state index contributed by atoms with van der Waals surface area (Å²) < 4.78 is 7.55. The van der Waals surface area contributed by atoms with Gasteiger partial charge in [-0.3, -0.25) is 0 Å². The van der Waals surface area contributed by atoms with Gasteiger partial charge >= 0.3 is 0 Å². The SMILES string of the molecule is Cc1ccc2c(c1)CC(Cn1cnc(C#N)c1C#N)O2. The molecule has 1 unspecified atom stereocenters. The van der Waals surface area contributed by atoms with Crippen LogP contribution in [0.15, 0.2) is 24.5 Å². The second-order valence-corrected chi connectivity index (χ2v) is 4.87. The highest BCUT2D eigenvalue weighted by Crippen LogP contribution is 2.30. The average Bonchev–Trinajstić information content (AvgIpc) is 3.01. The van der Waals surface area contributed by atoms with Gasteiger partial charge in [-0.25, -0.2) is 4.98 Å². The van der Waals surface area contributed by atoms with Crippen molar-refractivity contribution in [2.24, 2.45) is 0 Å².